The van der Waals surface area contributed by atoms with Crippen molar-refractivity contribution in [1.29, 1.82) is 0 Å². The number of aliphatic hydroxyl groups is 1. The molecular formula is C28H35F3N4O5S. The summed E-state index contributed by atoms with van der Waals surface area (Å²) in [5, 5.41) is 14.1. The Bertz CT molecular complexity index is 1220. The standard InChI is InChI=1S/C28H35F3N4O5S/c1-16(2)25(28(39)40-9-8-36)34-20-5-3-17(4-6-20)15-33-26(38)27-35(7-10-41-27)24(37)13-19(32)11-18-12-22(30)23(31)14-21(18)29/h3-6,12,14,16,19,25,27,34,36H,7-11,13,15,32H2,1-2H3,(H,33,38). The van der Waals surface area contributed by atoms with Crippen molar-refractivity contribution in [3.05, 3.63) is 65.0 Å². The van der Waals surface area contributed by atoms with E-state index >= 15 is 0 Å². The molecule has 1 heterocycles. The molecule has 0 spiro atoms. The van der Waals surface area contributed by atoms with Crippen molar-refractivity contribution in [2.45, 2.75) is 50.7 Å². The zero-order chi connectivity index (χ0) is 30.1. The van der Waals surface area contributed by atoms with Crippen molar-refractivity contribution in [1.82, 2.24) is 10.2 Å². The van der Waals surface area contributed by atoms with Gasteiger partial charge in [0.2, 0.25) is 5.91 Å². The number of carbonyl (C=O) groups excluding carboxylic acids is 3. The lowest BCUT2D eigenvalue weighted by atomic mass is 10.0. The third-order valence-corrected chi connectivity index (χ3v) is 7.65. The van der Waals surface area contributed by atoms with Crippen LogP contribution >= 0.6 is 11.8 Å². The number of amides is 2. The van der Waals surface area contributed by atoms with Gasteiger partial charge in [0.25, 0.3) is 5.91 Å². The lowest BCUT2D eigenvalue weighted by molar-refractivity contribution is -0.146. The van der Waals surface area contributed by atoms with Gasteiger partial charge in [0.1, 0.15) is 18.5 Å². The highest BCUT2D eigenvalue weighted by atomic mass is 32.2. The van der Waals surface area contributed by atoms with E-state index in [2.05, 4.69) is 10.6 Å². The van der Waals surface area contributed by atoms with Crippen LogP contribution in [-0.2, 0) is 32.1 Å². The molecule has 224 valence electrons. The number of carbonyl (C=O) groups is 3. The molecule has 1 aliphatic rings. The summed E-state index contributed by atoms with van der Waals surface area (Å²) in [4.78, 5) is 39.5. The molecule has 3 atom stereocenters. The molecule has 41 heavy (non-hydrogen) atoms. The van der Waals surface area contributed by atoms with E-state index in [1.165, 1.54) is 16.7 Å². The molecule has 3 unspecified atom stereocenters. The number of hydrogen-bond donors (Lipinski definition) is 4. The van der Waals surface area contributed by atoms with Crippen molar-refractivity contribution in [2.75, 3.05) is 30.8 Å². The molecular weight excluding hydrogens is 561 g/mol. The molecule has 1 fully saturated rings. The lowest BCUT2D eigenvalue weighted by Gasteiger charge is -2.24. The molecule has 1 saturated heterocycles. The van der Waals surface area contributed by atoms with Gasteiger partial charge in [-0.15, -0.1) is 11.8 Å². The van der Waals surface area contributed by atoms with Crippen molar-refractivity contribution < 1.29 is 37.4 Å². The van der Waals surface area contributed by atoms with Gasteiger partial charge in [-0.25, -0.2) is 18.0 Å². The Hall–Kier alpha value is -3.29. The topological polar surface area (TPSA) is 134 Å². The number of anilines is 1. The summed E-state index contributed by atoms with van der Waals surface area (Å²) in [5.74, 6) is -4.15. The van der Waals surface area contributed by atoms with E-state index in [0.717, 1.165) is 11.6 Å². The largest absolute Gasteiger partial charge is 0.462 e. The van der Waals surface area contributed by atoms with Crippen LogP contribution < -0.4 is 16.4 Å². The van der Waals surface area contributed by atoms with E-state index in [4.69, 9.17) is 15.6 Å². The van der Waals surface area contributed by atoms with E-state index in [1.807, 2.05) is 13.8 Å². The molecule has 3 rings (SSSR count). The first-order chi connectivity index (χ1) is 19.5. The van der Waals surface area contributed by atoms with E-state index in [1.54, 1.807) is 24.3 Å². The maximum Gasteiger partial charge on any atom is 0.328 e. The molecule has 0 bridgehead atoms. The normalized spacial score (nSPS) is 16.4. The summed E-state index contributed by atoms with van der Waals surface area (Å²) in [5.41, 5.74) is 7.36. The summed E-state index contributed by atoms with van der Waals surface area (Å²) in [6.07, 6.45) is -0.360. The zero-order valence-corrected chi connectivity index (χ0v) is 23.7. The summed E-state index contributed by atoms with van der Waals surface area (Å²) >= 11 is 1.31. The predicted molar refractivity (Wildman–Crippen MR) is 149 cm³/mol. The Balaban J connectivity index is 1.51. The van der Waals surface area contributed by atoms with Crippen LogP contribution in [0.15, 0.2) is 36.4 Å². The number of nitrogens with zero attached hydrogens (tertiary/aromatic N) is 1. The SMILES string of the molecule is CC(C)C(Nc1ccc(CNC(=O)C2SCCN2C(=O)CC(N)Cc2cc(F)c(F)cc2F)cc1)C(=O)OCCO. The minimum Gasteiger partial charge on any atom is -0.462 e. The van der Waals surface area contributed by atoms with E-state index in [0.29, 0.717) is 24.1 Å². The number of thioether (sulfide) groups is 1. The summed E-state index contributed by atoms with van der Waals surface area (Å²) in [7, 11) is 0. The van der Waals surface area contributed by atoms with Crippen molar-refractivity contribution in [2.24, 2.45) is 11.7 Å². The van der Waals surface area contributed by atoms with Gasteiger partial charge >= 0.3 is 5.97 Å². The quantitative estimate of drug-likeness (QED) is 0.205. The second kappa shape index (κ2) is 15.1. The van der Waals surface area contributed by atoms with Crippen LogP contribution in [0.1, 0.15) is 31.4 Å². The highest BCUT2D eigenvalue weighted by molar-refractivity contribution is 8.00. The molecule has 2 aromatic rings. The minimum atomic E-state index is -1.30. The fraction of sp³-hybridized carbons (Fsp3) is 0.464. The maximum absolute atomic E-state index is 14.0. The van der Waals surface area contributed by atoms with Crippen molar-refractivity contribution in [3.8, 4) is 0 Å². The number of benzene rings is 2. The highest BCUT2D eigenvalue weighted by Gasteiger charge is 2.35. The molecule has 0 saturated carbocycles. The van der Waals surface area contributed by atoms with Crippen molar-refractivity contribution in [3.63, 3.8) is 0 Å². The first kappa shape index (κ1) is 32.2. The Morgan fingerprint density at radius 2 is 1.80 bits per heavy atom. The van der Waals surface area contributed by atoms with Crippen LogP contribution in [0.3, 0.4) is 0 Å². The molecule has 13 heteroatoms. The first-order valence-corrected chi connectivity index (χ1v) is 14.3. The molecule has 0 radical (unpaired) electrons. The van der Waals surface area contributed by atoms with E-state index in [-0.39, 0.29) is 50.0 Å². The molecule has 0 aliphatic carbocycles. The van der Waals surface area contributed by atoms with Crippen LogP contribution in [0.5, 0.6) is 0 Å². The van der Waals surface area contributed by atoms with Crippen LogP contribution in [0.25, 0.3) is 0 Å². The Morgan fingerprint density at radius 3 is 2.46 bits per heavy atom. The lowest BCUT2D eigenvalue weighted by Crippen LogP contribution is -2.46. The molecule has 2 aromatic carbocycles. The number of hydrogen-bond acceptors (Lipinski definition) is 8. The predicted octanol–water partition coefficient (Wildman–Crippen LogP) is 2.55. The van der Waals surface area contributed by atoms with Crippen LogP contribution in [0.2, 0.25) is 0 Å². The fourth-order valence-electron chi connectivity index (χ4n) is 4.27. The second-order valence-corrected chi connectivity index (χ2v) is 11.2. The molecule has 2 amide bonds. The number of esters is 1. The molecule has 5 N–H and O–H groups in total. The van der Waals surface area contributed by atoms with Crippen molar-refractivity contribution >= 4 is 35.2 Å². The molecule has 0 aromatic heterocycles. The molecule has 1 aliphatic heterocycles. The van der Waals surface area contributed by atoms with Crippen LogP contribution in [0.4, 0.5) is 18.9 Å². The van der Waals surface area contributed by atoms with Gasteiger partial charge in [-0.1, -0.05) is 26.0 Å². The number of halogens is 3. The van der Waals surface area contributed by atoms with Gasteiger partial charge in [0, 0.05) is 43.1 Å². The third kappa shape index (κ3) is 9.10. The number of rotatable bonds is 13. The first-order valence-electron chi connectivity index (χ1n) is 13.2. The zero-order valence-electron chi connectivity index (χ0n) is 22.9. The number of aliphatic hydroxyl groups excluding tert-OH is 1. The number of nitrogens with two attached hydrogens (primary N) is 1. The average molecular weight is 597 g/mol. The second-order valence-electron chi connectivity index (χ2n) is 10.0. The van der Waals surface area contributed by atoms with Gasteiger partial charge in [0.05, 0.1) is 6.61 Å². The highest BCUT2D eigenvalue weighted by Crippen LogP contribution is 2.26. The Morgan fingerprint density at radius 1 is 1.12 bits per heavy atom. The smallest absolute Gasteiger partial charge is 0.328 e. The third-order valence-electron chi connectivity index (χ3n) is 6.44. The Kier molecular flexibility index (Phi) is 11.9. The van der Waals surface area contributed by atoms with Crippen LogP contribution in [-0.4, -0.2) is 70.8 Å². The van der Waals surface area contributed by atoms with E-state index < -0.39 is 46.8 Å². The minimum absolute atomic E-state index is 0.0589. The van der Waals surface area contributed by atoms with Gasteiger partial charge in [-0.3, -0.25) is 9.59 Å². The van der Waals surface area contributed by atoms with Gasteiger partial charge < -0.3 is 31.1 Å². The number of nitrogens with one attached hydrogen (secondary N) is 2. The summed E-state index contributed by atoms with van der Waals surface area (Å²) in [6.45, 7) is 3.96. The number of ether oxygens (including phenoxy) is 1. The van der Waals surface area contributed by atoms with Crippen LogP contribution in [0, 0.1) is 23.4 Å². The maximum atomic E-state index is 14.0. The van der Waals surface area contributed by atoms with Gasteiger partial charge in [-0.2, -0.15) is 0 Å². The van der Waals surface area contributed by atoms with E-state index in [9.17, 15) is 27.6 Å². The van der Waals surface area contributed by atoms with Gasteiger partial charge in [-0.05, 0) is 41.7 Å². The summed E-state index contributed by atoms with van der Waals surface area (Å²) in [6, 6.07) is 6.85. The fourth-order valence-corrected chi connectivity index (χ4v) is 5.43. The summed E-state index contributed by atoms with van der Waals surface area (Å²) < 4.78 is 45.7. The monoisotopic (exact) mass is 596 g/mol. The average Bonchev–Trinajstić information content (AvgIpc) is 3.43. The Labute approximate surface area is 241 Å². The molecule has 9 nitrogen and oxygen atoms in total. The van der Waals surface area contributed by atoms with Gasteiger partial charge in [0.15, 0.2) is 17.0 Å².